The molecule has 3 rings (SSSR count). The molecular weight excluding hydrogens is 266 g/mol. The van der Waals surface area contributed by atoms with Crippen LogP contribution in [0.25, 0.3) is 0 Å². The fourth-order valence-electron chi connectivity index (χ4n) is 3.57. The predicted molar refractivity (Wildman–Crippen MR) is 74.1 cm³/mol. The average Bonchev–Trinajstić information content (AvgIpc) is 2.69. The summed E-state index contributed by atoms with van der Waals surface area (Å²) in [5.74, 6) is 0.650. The highest BCUT2D eigenvalue weighted by Crippen LogP contribution is 2.32. The van der Waals surface area contributed by atoms with E-state index in [0.717, 1.165) is 12.8 Å². The Kier molecular flexibility index (Phi) is 4.68. The molecule has 0 aliphatic carbocycles. The van der Waals surface area contributed by atoms with Crippen molar-refractivity contribution in [2.45, 2.75) is 44.2 Å². The molecule has 0 aromatic rings. The van der Waals surface area contributed by atoms with E-state index in [2.05, 4.69) is 10.6 Å². The van der Waals surface area contributed by atoms with Crippen molar-refractivity contribution in [2.24, 2.45) is 5.92 Å². The van der Waals surface area contributed by atoms with Crippen molar-refractivity contribution in [1.29, 1.82) is 0 Å². The topological polar surface area (TPSA) is 61.4 Å². The van der Waals surface area contributed by atoms with Crippen LogP contribution < -0.4 is 10.6 Å². The Hall–Kier alpha value is -0.810. The second-order valence-corrected chi connectivity index (χ2v) is 5.84. The van der Waals surface area contributed by atoms with E-state index in [-0.39, 0.29) is 30.8 Å². The number of carbonyl (C=O) groups excluding carboxylic acids is 2. The van der Waals surface area contributed by atoms with Crippen LogP contribution in [0.15, 0.2) is 0 Å². The Bertz CT molecular complexity index is 352. The maximum atomic E-state index is 12.2. The van der Waals surface area contributed by atoms with E-state index in [1.54, 1.807) is 4.90 Å². The summed E-state index contributed by atoms with van der Waals surface area (Å²) in [5, 5.41) is 6.34. The van der Waals surface area contributed by atoms with Gasteiger partial charge in [-0.15, -0.1) is 12.4 Å². The van der Waals surface area contributed by atoms with Gasteiger partial charge in [-0.2, -0.15) is 0 Å². The molecule has 3 heterocycles. The minimum Gasteiger partial charge on any atom is -0.353 e. The second kappa shape index (κ2) is 6.09. The summed E-state index contributed by atoms with van der Waals surface area (Å²) in [4.78, 5) is 25.2. The van der Waals surface area contributed by atoms with Gasteiger partial charge in [0.15, 0.2) is 0 Å². The van der Waals surface area contributed by atoms with E-state index in [0.29, 0.717) is 37.5 Å². The van der Waals surface area contributed by atoms with E-state index < -0.39 is 0 Å². The third kappa shape index (κ3) is 3.39. The number of carbonyl (C=O) groups is 2. The minimum absolute atomic E-state index is 0. The number of hydrogen-bond acceptors (Lipinski definition) is 3. The Morgan fingerprint density at radius 2 is 1.95 bits per heavy atom. The Balaban J connectivity index is 0.00000133. The SMILES string of the molecule is Cl.O=C1CN(C(=O)CC2CC3CCC(C2)N3)CCN1. The fraction of sp³-hybridized carbons (Fsp3) is 0.846. The van der Waals surface area contributed by atoms with Gasteiger partial charge in [-0.1, -0.05) is 0 Å². The molecule has 3 aliphatic heterocycles. The zero-order valence-corrected chi connectivity index (χ0v) is 11.9. The van der Waals surface area contributed by atoms with Gasteiger partial charge in [0.1, 0.15) is 0 Å². The minimum atomic E-state index is -0.0278. The Morgan fingerprint density at radius 3 is 2.58 bits per heavy atom. The van der Waals surface area contributed by atoms with Crippen LogP contribution in [-0.2, 0) is 9.59 Å². The molecule has 2 amide bonds. The average molecular weight is 288 g/mol. The highest BCUT2D eigenvalue weighted by Gasteiger charge is 2.35. The lowest BCUT2D eigenvalue weighted by atomic mass is 9.89. The molecule has 0 aromatic heterocycles. The zero-order valence-electron chi connectivity index (χ0n) is 11.1. The van der Waals surface area contributed by atoms with Gasteiger partial charge in [-0.3, -0.25) is 9.59 Å². The summed E-state index contributed by atoms with van der Waals surface area (Å²) in [7, 11) is 0. The first-order valence-corrected chi connectivity index (χ1v) is 7.01. The summed E-state index contributed by atoms with van der Waals surface area (Å²) in [6.45, 7) is 1.51. The van der Waals surface area contributed by atoms with Gasteiger partial charge in [-0.05, 0) is 31.6 Å². The third-order valence-corrected chi connectivity index (χ3v) is 4.43. The monoisotopic (exact) mass is 287 g/mol. The van der Waals surface area contributed by atoms with Crippen LogP contribution in [-0.4, -0.2) is 48.4 Å². The lowest BCUT2D eigenvalue weighted by Gasteiger charge is -2.32. The summed E-state index contributed by atoms with van der Waals surface area (Å²) in [6.07, 6.45) is 5.41. The van der Waals surface area contributed by atoms with Gasteiger partial charge in [0.2, 0.25) is 11.8 Å². The molecule has 2 atom stereocenters. The van der Waals surface area contributed by atoms with E-state index in [4.69, 9.17) is 0 Å². The van der Waals surface area contributed by atoms with Crippen molar-refractivity contribution in [3.05, 3.63) is 0 Å². The first-order valence-electron chi connectivity index (χ1n) is 7.01. The second-order valence-electron chi connectivity index (χ2n) is 5.84. The van der Waals surface area contributed by atoms with E-state index in [1.807, 2.05) is 0 Å². The zero-order chi connectivity index (χ0) is 12.5. The standard InChI is InChI=1S/C13H21N3O2.ClH/c17-12-8-16(4-3-14-12)13(18)7-9-5-10-1-2-11(6-9)15-10;/h9-11,15H,1-8H2,(H,14,17);1H. The summed E-state index contributed by atoms with van der Waals surface area (Å²) in [6, 6.07) is 1.26. The number of fused-ring (bicyclic) bond motifs is 2. The highest BCUT2D eigenvalue weighted by molar-refractivity contribution is 5.86. The van der Waals surface area contributed by atoms with Crippen LogP contribution in [0.1, 0.15) is 32.1 Å². The Morgan fingerprint density at radius 1 is 1.26 bits per heavy atom. The molecule has 2 unspecified atom stereocenters. The summed E-state index contributed by atoms with van der Waals surface area (Å²) < 4.78 is 0. The molecule has 0 saturated carbocycles. The Labute approximate surface area is 119 Å². The normalized spacial score (nSPS) is 33.6. The number of piperazine rings is 1. The molecule has 0 aromatic carbocycles. The quantitative estimate of drug-likeness (QED) is 0.767. The van der Waals surface area contributed by atoms with Crippen LogP contribution in [0, 0.1) is 5.92 Å². The van der Waals surface area contributed by atoms with Crippen molar-refractivity contribution in [1.82, 2.24) is 15.5 Å². The van der Waals surface area contributed by atoms with Crippen molar-refractivity contribution in [2.75, 3.05) is 19.6 Å². The van der Waals surface area contributed by atoms with Crippen LogP contribution in [0.5, 0.6) is 0 Å². The van der Waals surface area contributed by atoms with Gasteiger partial charge in [0.25, 0.3) is 0 Å². The molecule has 2 N–H and O–H groups in total. The van der Waals surface area contributed by atoms with Gasteiger partial charge in [0, 0.05) is 31.6 Å². The summed E-state index contributed by atoms with van der Waals surface area (Å²) in [5.41, 5.74) is 0. The van der Waals surface area contributed by atoms with Crippen molar-refractivity contribution < 1.29 is 9.59 Å². The molecule has 2 bridgehead atoms. The largest absolute Gasteiger partial charge is 0.353 e. The molecule has 0 radical (unpaired) electrons. The van der Waals surface area contributed by atoms with Gasteiger partial charge in [-0.25, -0.2) is 0 Å². The van der Waals surface area contributed by atoms with Crippen molar-refractivity contribution in [3.8, 4) is 0 Å². The molecule has 3 fully saturated rings. The van der Waals surface area contributed by atoms with Crippen molar-refractivity contribution >= 4 is 24.2 Å². The van der Waals surface area contributed by atoms with E-state index in [1.165, 1.54) is 12.8 Å². The van der Waals surface area contributed by atoms with E-state index >= 15 is 0 Å². The molecule has 108 valence electrons. The molecule has 5 nitrogen and oxygen atoms in total. The predicted octanol–water partition coefficient (Wildman–Crippen LogP) is 0.287. The highest BCUT2D eigenvalue weighted by atomic mass is 35.5. The lowest BCUT2D eigenvalue weighted by molar-refractivity contribution is -0.139. The van der Waals surface area contributed by atoms with E-state index in [9.17, 15) is 9.59 Å². The number of nitrogens with one attached hydrogen (secondary N) is 2. The van der Waals surface area contributed by atoms with Gasteiger partial charge < -0.3 is 15.5 Å². The first-order chi connectivity index (χ1) is 8.70. The third-order valence-electron chi connectivity index (χ3n) is 4.43. The number of piperidine rings is 1. The molecule has 19 heavy (non-hydrogen) atoms. The van der Waals surface area contributed by atoms with Crippen LogP contribution in [0.3, 0.4) is 0 Å². The van der Waals surface area contributed by atoms with Crippen LogP contribution in [0.4, 0.5) is 0 Å². The molecule has 6 heteroatoms. The number of amides is 2. The smallest absolute Gasteiger partial charge is 0.239 e. The molecule has 3 aliphatic rings. The number of halogens is 1. The molecular formula is C13H22ClN3O2. The van der Waals surface area contributed by atoms with Crippen LogP contribution >= 0.6 is 12.4 Å². The molecule has 0 spiro atoms. The fourth-order valence-corrected chi connectivity index (χ4v) is 3.57. The van der Waals surface area contributed by atoms with Gasteiger partial charge in [0.05, 0.1) is 6.54 Å². The van der Waals surface area contributed by atoms with Crippen LogP contribution in [0.2, 0.25) is 0 Å². The number of hydrogen-bond donors (Lipinski definition) is 2. The van der Waals surface area contributed by atoms with Crippen molar-refractivity contribution in [3.63, 3.8) is 0 Å². The number of rotatable bonds is 2. The first kappa shape index (κ1) is 14.6. The number of nitrogens with zero attached hydrogens (tertiary/aromatic N) is 1. The van der Waals surface area contributed by atoms with Gasteiger partial charge >= 0.3 is 0 Å². The summed E-state index contributed by atoms with van der Waals surface area (Å²) >= 11 is 0. The molecule has 3 saturated heterocycles. The lowest BCUT2D eigenvalue weighted by Crippen LogP contribution is -2.50. The maximum absolute atomic E-state index is 12.2. The maximum Gasteiger partial charge on any atom is 0.239 e.